The molecule has 1 rings (SSSR count). The van der Waals surface area contributed by atoms with Crippen LogP contribution < -0.4 is 5.73 Å². The van der Waals surface area contributed by atoms with Gasteiger partial charge in [-0.2, -0.15) is 0 Å². The van der Waals surface area contributed by atoms with Crippen molar-refractivity contribution >= 4 is 5.91 Å². The molecule has 1 amide bonds. The number of nitrogens with zero attached hydrogens (tertiary/aromatic N) is 2. The molecule has 0 aliphatic rings. The maximum atomic E-state index is 12.3. The Bertz CT molecular complexity index is 394. The molecule has 1 aromatic rings. The number of pyridine rings is 1. The van der Waals surface area contributed by atoms with E-state index in [2.05, 4.69) is 11.9 Å². The van der Waals surface area contributed by atoms with Gasteiger partial charge in [-0.1, -0.05) is 13.3 Å². The molecule has 4 heteroatoms. The van der Waals surface area contributed by atoms with Gasteiger partial charge in [-0.15, -0.1) is 0 Å². The van der Waals surface area contributed by atoms with Crippen LogP contribution in [0, 0.1) is 5.92 Å². The first-order valence-corrected chi connectivity index (χ1v) is 7.45. The molecule has 0 saturated heterocycles. The lowest BCUT2D eigenvalue weighted by molar-refractivity contribution is -0.132. The van der Waals surface area contributed by atoms with Gasteiger partial charge < -0.3 is 10.6 Å². The summed E-state index contributed by atoms with van der Waals surface area (Å²) in [5.41, 5.74) is 6.71. The first-order valence-electron chi connectivity index (χ1n) is 7.45. The SMILES string of the molecule is CCC(CCN)CCC(=O)N(C)C(C)c1ccncc1. The van der Waals surface area contributed by atoms with E-state index in [1.165, 1.54) is 0 Å². The average molecular weight is 277 g/mol. The Morgan fingerprint density at radius 1 is 1.35 bits per heavy atom. The summed E-state index contributed by atoms with van der Waals surface area (Å²) in [6, 6.07) is 4.00. The van der Waals surface area contributed by atoms with E-state index >= 15 is 0 Å². The smallest absolute Gasteiger partial charge is 0.222 e. The van der Waals surface area contributed by atoms with Crippen LogP contribution in [-0.4, -0.2) is 29.4 Å². The zero-order valence-corrected chi connectivity index (χ0v) is 12.9. The molecular weight excluding hydrogens is 250 g/mol. The molecule has 2 N–H and O–H groups in total. The predicted octanol–water partition coefficient (Wildman–Crippen LogP) is 2.76. The average Bonchev–Trinajstić information content (AvgIpc) is 2.50. The highest BCUT2D eigenvalue weighted by atomic mass is 16.2. The van der Waals surface area contributed by atoms with E-state index in [1.807, 2.05) is 31.0 Å². The van der Waals surface area contributed by atoms with E-state index in [9.17, 15) is 4.79 Å². The van der Waals surface area contributed by atoms with Crippen molar-refractivity contribution in [1.29, 1.82) is 0 Å². The quantitative estimate of drug-likeness (QED) is 0.795. The number of hydrogen-bond donors (Lipinski definition) is 1. The summed E-state index contributed by atoms with van der Waals surface area (Å²) in [7, 11) is 1.87. The number of rotatable bonds is 8. The highest BCUT2D eigenvalue weighted by Crippen LogP contribution is 2.21. The van der Waals surface area contributed by atoms with Crippen molar-refractivity contribution in [2.75, 3.05) is 13.6 Å². The Hall–Kier alpha value is -1.42. The van der Waals surface area contributed by atoms with Crippen LogP contribution in [0.4, 0.5) is 0 Å². The van der Waals surface area contributed by atoms with Gasteiger partial charge in [-0.25, -0.2) is 0 Å². The van der Waals surface area contributed by atoms with Crippen LogP contribution in [0.25, 0.3) is 0 Å². The van der Waals surface area contributed by atoms with E-state index in [1.54, 1.807) is 12.4 Å². The molecule has 0 radical (unpaired) electrons. The third-order valence-corrected chi connectivity index (χ3v) is 4.08. The summed E-state index contributed by atoms with van der Waals surface area (Å²) in [5.74, 6) is 0.762. The molecule has 1 aromatic heterocycles. The molecule has 20 heavy (non-hydrogen) atoms. The number of hydrogen-bond acceptors (Lipinski definition) is 3. The number of amides is 1. The maximum absolute atomic E-state index is 12.3. The summed E-state index contributed by atoms with van der Waals surface area (Å²) >= 11 is 0. The first kappa shape index (κ1) is 16.6. The van der Waals surface area contributed by atoms with E-state index in [0.717, 1.165) is 24.8 Å². The molecule has 0 fully saturated rings. The minimum absolute atomic E-state index is 0.0834. The normalized spacial score (nSPS) is 13.8. The molecule has 0 bridgehead atoms. The zero-order valence-electron chi connectivity index (χ0n) is 12.9. The van der Waals surface area contributed by atoms with Crippen molar-refractivity contribution in [3.63, 3.8) is 0 Å². The van der Waals surface area contributed by atoms with Gasteiger partial charge in [0.05, 0.1) is 6.04 Å². The topological polar surface area (TPSA) is 59.2 Å². The number of nitrogens with two attached hydrogens (primary N) is 1. The molecule has 0 spiro atoms. The van der Waals surface area contributed by atoms with Gasteiger partial charge in [-0.3, -0.25) is 9.78 Å². The summed E-state index contributed by atoms with van der Waals surface area (Å²) < 4.78 is 0. The number of aromatic nitrogens is 1. The second-order valence-corrected chi connectivity index (χ2v) is 5.35. The van der Waals surface area contributed by atoms with Gasteiger partial charge >= 0.3 is 0 Å². The molecule has 0 saturated carbocycles. The molecule has 0 aromatic carbocycles. The maximum Gasteiger partial charge on any atom is 0.222 e. The second-order valence-electron chi connectivity index (χ2n) is 5.35. The van der Waals surface area contributed by atoms with Gasteiger partial charge in [0.25, 0.3) is 0 Å². The monoisotopic (exact) mass is 277 g/mol. The van der Waals surface area contributed by atoms with E-state index in [0.29, 0.717) is 18.9 Å². The standard InChI is InChI=1S/C16H27N3O/c1-4-14(7-10-17)5-6-16(20)19(3)13(2)15-8-11-18-12-9-15/h8-9,11-14H,4-7,10,17H2,1-3H3. The molecule has 0 aliphatic heterocycles. The first-order chi connectivity index (χ1) is 9.60. The fourth-order valence-electron chi connectivity index (χ4n) is 2.37. The Kier molecular flexibility index (Phi) is 7.23. The lowest BCUT2D eigenvalue weighted by Crippen LogP contribution is -2.30. The van der Waals surface area contributed by atoms with Gasteiger partial charge in [0.1, 0.15) is 0 Å². The van der Waals surface area contributed by atoms with Gasteiger partial charge in [0.15, 0.2) is 0 Å². The highest BCUT2D eigenvalue weighted by Gasteiger charge is 2.18. The summed E-state index contributed by atoms with van der Waals surface area (Å²) in [4.78, 5) is 18.1. The molecular formula is C16H27N3O. The zero-order chi connectivity index (χ0) is 15.0. The Morgan fingerprint density at radius 2 is 2.00 bits per heavy atom. The van der Waals surface area contributed by atoms with Crippen molar-refractivity contribution < 1.29 is 4.79 Å². The van der Waals surface area contributed by atoms with E-state index < -0.39 is 0 Å². The Balaban J connectivity index is 2.50. The van der Waals surface area contributed by atoms with Crippen molar-refractivity contribution in [3.05, 3.63) is 30.1 Å². The van der Waals surface area contributed by atoms with Crippen LogP contribution in [0.1, 0.15) is 51.1 Å². The van der Waals surface area contributed by atoms with Crippen molar-refractivity contribution in [2.45, 2.75) is 45.6 Å². The lowest BCUT2D eigenvalue weighted by Gasteiger charge is -2.26. The van der Waals surface area contributed by atoms with Crippen LogP contribution in [-0.2, 0) is 4.79 Å². The number of carbonyl (C=O) groups excluding carboxylic acids is 1. The van der Waals surface area contributed by atoms with Gasteiger partial charge in [-0.05, 0) is 49.9 Å². The van der Waals surface area contributed by atoms with Crippen LogP contribution in [0.15, 0.2) is 24.5 Å². The van der Waals surface area contributed by atoms with Gasteiger partial charge in [0, 0.05) is 25.9 Å². The van der Waals surface area contributed by atoms with E-state index in [4.69, 9.17) is 5.73 Å². The molecule has 0 aliphatic carbocycles. The molecule has 1 heterocycles. The highest BCUT2D eigenvalue weighted by molar-refractivity contribution is 5.76. The second kappa shape index (κ2) is 8.69. The molecule has 112 valence electrons. The van der Waals surface area contributed by atoms with Crippen LogP contribution in [0.3, 0.4) is 0 Å². The third-order valence-electron chi connectivity index (χ3n) is 4.08. The van der Waals surface area contributed by atoms with Crippen LogP contribution in [0.2, 0.25) is 0 Å². The summed E-state index contributed by atoms with van der Waals surface area (Å²) in [6.07, 6.45) is 7.16. The van der Waals surface area contributed by atoms with Crippen LogP contribution in [0.5, 0.6) is 0 Å². The lowest BCUT2D eigenvalue weighted by atomic mass is 9.96. The largest absolute Gasteiger partial charge is 0.339 e. The summed E-state index contributed by atoms with van der Waals surface area (Å²) in [5, 5.41) is 0. The fraction of sp³-hybridized carbons (Fsp3) is 0.625. The van der Waals surface area contributed by atoms with Crippen molar-refractivity contribution in [3.8, 4) is 0 Å². The molecule has 2 atom stereocenters. The predicted molar refractivity (Wildman–Crippen MR) is 82.1 cm³/mol. The molecule has 2 unspecified atom stereocenters. The van der Waals surface area contributed by atoms with Gasteiger partial charge in [0.2, 0.25) is 5.91 Å². The Labute approximate surface area is 122 Å². The number of carbonyl (C=O) groups is 1. The van der Waals surface area contributed by atoms with Crippen molar-refractivity contribution in [2.24, 2.45) is 11.7 Å². The molecule has 4 nitrogen and oxygen atoms in total. The third kappa shape index (κ3) is 4.93. The van der Waals surface area contributed by atoms with Crippen molar-refractivity contribution in [1.82, 2.24) is 9.88 Å². The van der Waals surface area contributed by atoms with E-state index in [-0.39, 0.29) is 11.9 Å². The Morgan fingerprint density at radius 3 is 2.55 bits per heavy atom. The fourth-order valence-corrected chi connectivity index (χ4v) is 2.37. The van der Waals surface area contributed by atoms with Crippen LogP contribution >= 0.6 is 0 Å². The minimum atomic E-state index is 0.0834. The summed E-state index contributed by atoms with van der Waals surface area (Å²) in [6.45, 7) is 4.91. The minimum Gasteiger partial charge on any atom is -0.339 e.